The predicted molar refractivity (Wildman–Crippen MR) is 69.1 cm³/mol. The van der Waals surface area contributed by atoms with Crippen LogP contribution in [-0.2, 0) is 4.79 Å². The Kier molecular flexibility index (Phi) is 6.15. The zero-order chi connectivity index (χ0) is 12.5. The van der Waals surface area contributed by atoms with Crippen LogP contribution < -0.4 is 4.74 Å². The zero-order valence-electron chi connectivity index (χ0n) is 10.7. The number of hydrogen-bond donors (Lipinski definition) is 0. The highest BCUT2D eigenvalue weighted by Gasteiger charge is 2.11. The maximum atomic E-state index is 11.9. The standard InChI is InChI=1S/C14H21NO2/c1-3-10-15(11-4-2)14(16)12-17-13-8-6-5-7-9-13/h5-9H,3-4,10-12H2,1-2H3. The summed E-state index contributed by atoms with van der Waals surface area (Å²) in [5, 5.41) is 0. The Bertz CT molecular complexity index is 318. The van der Waals surface area contributed by atoms with E-state index in [2.05, 4.69) is 13.8 Å². The maximum absolute atomic E-state index is 11.9. The molecule has 0 aliphatic carbocycles. The Morgan fingerprint density at radius 3 is 2.24 bits per heavy atom. The summed E-state index contributed by atoms with van der Waals surface area (Å²) in [5.74, 6) is 0.811. The van der Waals surface area contributed by atoms with Crippen LogP contribution in [0.4, 0.5) is 0 Å². The van der Waals surface area contributed by atoms with Gasteiger partial charge in [-0.15, -0.1) is 0 Å². The van der Waals surface area contributed by atoms with Crippen molar-refractivity contribution in [2.45, 2.75) is 26.7 Å². The highest BCUT2D eigenvalue weighted by molar-refractivity contribution is 5.77. The average Bonchev–Trinajstić information content (AvgIpc) is 2.37. The van der Waals surface area contributed by atoms with Gasteiger partial charge in [-0.05, 0) is 25.0 Å². The van der Waals surface area contributed by atoms with Crippen LogP contribution in [0, 0.1) is 0 Å². The monoisotopic (exact) mass is 235 g/mol. The Morgan fingerprint density at radius 1 is 1.12 bits per heavy atom. The molecule has 0 heterocycles. The van der Waals surface area contributed by atoms with Crippen molar-refractivity contribution in [2.24, 2.45) is 0 Å². The fourth-order valence-corrected chi connectivity index (χ4v) is 1.65. The van der Waals surface area contributed by atoms with Crippen LogP contribution in [0.2, 0.25) is 0 Å². The van der Waals surface area contributed by atoms with E-state index in [1.807, 2.05) is 35.2 Å². The second kappa shape index (κ2) is 7.71. The van der Waals surface area contributed by atoms with Crippen LogP contribution in [0.1, 0.15) is 26.7 Å². The van der Waals surface area contributed by atoms with E-state index in [1.54, 1.807) is 0 Å². The van der Waals surface area contributed by atoms with E-state index in [9.17, 15) is 4.79 Å². The summed E-state index contributed by atoms with van der Waals surface area (Å²) in [6.07, 6.45) is 1.97. The first kappa shape index (κ1) is 13.6. The van der Waals surface area contributed by atoms with Gasteiger partial charge in [-0.1, -0.05) is 32.0 Å². The summed E-state index contributed by atoms with van der Waals surface area (Å²) >= 11 is 0. The Morgan fingerprint density at radius 2 is 1.71 bits per heavy atom. The molecule has 1 aromatic carbocycles. The molecular weight excluding hydrogens is 214 g/mol. The molecular formula is C14H21NO2. The zero-order valence-corrected chi connectivity index (χ0v) is 10.7. The minimum absolute atomic E-state index is 0.0672. The number of benzene rings is 1. The number of amides is 1. The molecule has 0 atom stereocenters. The molecule has 0 N–H and O–H groups in total. The van der Waals surface area contributed by atoms with Gasteiger partial charge in [0.15, 0.2) is 6.61 Å². The quantitative estimate of drug-likeness (QED) is 0.727. The molecule has 3 heteroatoms. The molecule has 0 saturated carbocycles. The van der Waals surface area contributed by atoms with E-state index < -0.39 is 0 Å². The van der Waals surface area contributed by atoms with Crippen molar-refractivity contribution >= 4 is 5.91 Å². The van der Waals surface area contributed by atoms with Gasteiger partial charge in [-0.3, -0.25) is 4.79 Å². The fraction of sp³-hybridized carbons (Fsp3) is 0.500. The largest absolute Gasteiger partial charge is 0.484 e. The third-order valence-corrected chi connectivity index (χ3v) is 2.45. The molecule has 0 unspecified atom stereocenters. The molecule has 94 valence electrons. The maximum Gasteiger partial charge on any atom is 0.260 e. The van der Waals surface area contributed by atoms with Crippen LogP contribution >= 0.6 is 0 Å². The topological polar surface area (TPSA) is 29.5 Å². The molecule has 1 aromatic rings. The number of nitrogens with zero attached hydrogens (tertiary/aromatic N) is 1. The van der Waals surface area contributed by atoms with Gasteiger partial charge in [0.2, 0.25) is 0 Å². The molecule has 0 aliphatic heterocycles. The van der Waals surface area contributed by atoms with E-state index in [-0.39, 0.29) is 12.5 Å². The van der Waals surface area contributed by atoms with Gasteiger partial charge in [0.05, 0.1) is 0 Å². The number of hydrogen-bond acceptors (Lipinski definition) is 2. The first-order chi connectivity index (χ1) is 8.27. The number of carbonyl (C=O) groups is 1. The minimum Gasteiger partial charge on any atom is -0.484 e. The Hall–Kier alpha value is -1.51. The molecule has 3 nitrogen and oxygen atoms in total. The Balaban J connectivity index is 2.41. The normalized spacial score (nSPS) is 10.0. The minimum atomic E-state index is 0.0672. The number of rotatable bonds is 7. The van der Waals surface area contributed by atoms with E-state index >= 15 is 0 Å². The number of ether oxygens (including phenoxy) is 1. The van der Waals surface area contributed by atoms with Gasteiger partial charge in [-0.25, -0.2) is 0 Å². The van der Waals surface area contributed by atoms with Gasteiger partial charge in [0.1, 0.15) is 5.75 Å². The first-order valence-electron chi connectivity index (χ1n) is 6.23. The third kappa shape index (κ3) is 4.89. The van der Waals surface area contributed by atoms with Crippen LogP contribution in [0.3, 0.4) is 0 Å². The van der Waals surface area contributed by atoms with E-state index in [4.69, 9.17) is 4.74 Å². The second-order valence-corrected chi connectivity index (χ2v) is 3.98. The summed E-state index contributed by atoms with van der Waals surface area (Å²) in [7, 11) is 0. The number of carbonyl (C=O) groups excluding carboxylic acids is 1. The van der Waals surface area contributed by atoms with Crippen molar-refractivity contribution in [1.82, 2.24) is 4.90 Å². The van der Waals surface area contributed by atoms with Gasteiger partial charge in [0, 0.05) is 13.1 Å². The number of para-hydroxylation sites is 1. The van der Waals surface area contributed by atoms with Crippen molar-refractivity contribution in [2.75, 3.05) is 19.7 Å². The summed E-state index contributed by atoms with van der Waals surface area (Å²) in [4.78, 5) is 13.8. The van der Waals surface area contributed by atoms with Crippen LogP contribution in [0.25, 0.3) is 0 Å². The van der Waals surface area contributed by atoms with Crippen molar-refractivity contribution in [3.63, 3.8) is 0 Å². The predicted octanol–water partition coefficient (Wildman–Crippen LogP) is 2.71. The third-order valence-electron chi connectivity index (χ3n) is 2.45. The van der Waals surface area contributed by atoms with Crippen LogP contribution in [0.5, 0.6) is 5.75 Å². The van der Waals surface area contributed by atoms with Crippen molar-refractivity contribution in [3.8, 4) is 5.75 Å². The Labute approximate surface area is 103 Å². The van der Waals surface area contributed by atoms with Crippen molar-refractivity contribution in [3.05, 3.63) is 30.3 Å². The summed E-state index contributed by atoms with van der Waals surface area (Å²) in [6.45, 7) is 5.90. The lowest BCUT2D eigenvalue weighted by atomic mass is 10.3. The van der Waals surface area contributed by atoms with Gasteiger partial charge < -0.3 is 9.64 Å². The highest BCUT2D eigenvalue weighted by Crippen LogP contribution is 2.08. The fourth-order valence-electron chi connectivity index (χ4n) is 1.65. The van der Waals surface area contributed by atoms with Crippen molar-refractivity contribution in [1.29, 1.82) is 0 Å². The lowest BCUT2D eigenvalue weighted by molar-refractivity contribution is -0.133. The lowest BCUT2D eigenvalue weighted by Crippen LogP contribution is -2.36. The molecule has 0 fully saturated rings. The van der Waals surface area contributed by atoms with Crippen molar-refractivity contribution < 1.29 is 9.53 Å². The van der Waals surface area contributed by atoms with Crippen LogP contribution in [0.15, 0.2) is 30.3 Å². The molecule has 0 radical (unpaired) electrons. The lowest BCUT2D eigenvalue weighted by Gasteiger charge is -2.21. The van der Waals surface area contributed by atoms with E-state index in [1.165, 1.54) is 0 Å². The highest BCUT2D eigenvalue weighted by atomic mass is 16.5. The summed E-state index contributed by atoms with van der Waals surface area (Å²) in [6, 6.07) is 9.44. The summed E-state index contributed by atoms with van der Waals surface area (Å²) in [5.41, 5.74) is 0. The molecule has 0 aromatic heterocycles. The van der Waals surface area contributed by atoms with E-state index in [0.717, 1.165) is 31.7 Å². The summed E-state index contributed by atoms with van der Waals surface area (Å²) < 4.78 is 5.45. The average molecular weight is 235 g/mol. The second-order valence-electron chi connectivity index (χ2n) is 3.98. The molecule has 17 heavy (non-hydrogen) atoms. The van der Waals surface area contributed by atoms with Gasteiger partial charge >= 0.3 is 0 Å². The van der Waals surface area contributed by atoms with Gasteiger partial charge in [-0.2, -0.15) is 0 Å². The van der Waals surface area contributed by atoms with Gasteiger partial charge in [0.25, 0.3) is 5.91 Å². The first-order valence-corrected chi connectivity index (χ1v) is 6.23. The smallest absolute Gasteiger partial charge is 0.260 e. The molecule has 0 aliphatic rings. The molecule has 0 bridgehead atoms. The molecule has 0 saturated heterocycles. The van der Waals surface area contributed by atoms with Crippen LogP contribution in [-0.4, -0.2) is 30.5 Å². The molecule has 0 spiro atoms. The molecule has 1 rings (SSSR count). The molecule has 1 amide bonds. The van der Waals surface area contributed by atoms with E-state index in [0.29, 0.717) is 0 Å². The SMILES string of the molecule is CCCN(CCC)C(=O)COc1ccccc1.